The molecule has 0 aliphatic carbocycles. The molecule has 3 N–H and O–H groups in total. The normalized spacial score (nSPS) is 12.4. The number of alkyl halides is 6. The van der Waals surface area contributed by atoms with Gasteiger partial charge in [0.05, 0.1) is 28.2 Å². The lowest BCUT2D eigenvalue weighted by Gasteiger charge is -2.16. The molecule has 0 saturated heterocycles. The zero-order valence-electron chi connectivity index (χ0n) is 17.8. The molecule has 0 radical (unpaired) electrons. The number of benzene rings is 2. The summed E-state index contributed by atoms with van der Waals surface area (Å²) in [5.74, 6) is -0.611. The number of anilines is 1. The Morgan fingerprint density at radius 2 is 1.74 bits per heavy atom. The number of thioether (sulfide) groups is 1. The maximum atomic E-state index is 13.1. The van der Waals surface area contributed by atoms with Gasteiger partial charge in [0.1, 0.15) is 5.75 Å². The Balaban J connectivity index is 2.17. The minimum atomic E-state index is -5.22. The zero-order valence-corrected chi connectivity index (χ0v) is 18.6. The molecule has 0 amide bonds. The minimum absolute atomic E-state index is 0.00101. The van der Waals surface area contributed by atoms with Gasteiger partial charge in [-0.2, -0.15) is 31.4 Å². The van der Waals surface area contributed by atoms with Gasteiger partial charge in [0, 0.05) is 10.6 Å². The second kappa shape index (κ2) is 10.8. The van der Waals surface area contributed by atoms with E-state index in [9.17, 15) is 31.1 Å². The molecule has 2 aromatic rings. The summed E-state index contributed by atoms with van der Waals surface area (Å²) in [5.41, 5.74) is -0.856. The van der Waals surface area contributed by atoms with Crippen molar-refractivity contribution in [2.24, 2.45) is 5.10 Å². The van der Waals surface area contributed by atoms with Crippen molar-refractivity contribution in [3.63, 3.8) is 0 Å². The van der Waals surface area contributed by atoms with Crippen LogP contribution < -0.4 is 10.2 Å². The Kier molecular flexibility index (Phi) is 8.59. The largest absolute Gasteiger partial charge is 0.482 e. The first-order chi connectivity index (χ1) is 15.7. The SMILES string of the molecule is CC(=N)/C(CSc1ccc(OCC(=O)O)c(C)c1)=N\Nc1ccc(C(F)(F)F)c(C(F)(F)F)c1. The maximum Gasteiger partial charge on any atom is 0.417 e. The number of carboxylic acid groups (broad SMARTS) is 1. The van der Waals surface area contributed by atoms with Gasteiger partial charge in [0.25, 0.3) is 0 Å². The van der Waals surface area contributed by atoms with Crippen LogP contribution >= 0.6 is 11.8 Å². The third-order valence-electron chi connectivity index (χ3n) is 4.26. The van der Waals surface area contributed by atoms with E-state index in [0.29, 0.717) is 23.4 Å². The molecule has 0 aliphatic heterocycles. The van der Waals surface area contributed by atoms with Crippen molar-refractivity contribution in [1.82, 2.24) is 0 Å². The fourth-order valence-corrected chi connectivity index (χ4v) is 3.63. The second-order valence-electron chi connectivity index (χ2n) is 6.95. The van der Waals surface area contributed by atoms with Crippen molar-refractivity contribution in [2.45, 2.75) is 31.1 Å². The maximum absolute atomic E-state index is 13.1. The number of carbonyl (C=O) groups is 1. The van der Waals surface area contributed by atoms with Gasteiger partial charge in [-0.1, -0.05) is 0 Å². The summed E-state index contributed by atoms with van der Waals surface area (Å²) in [4.78, 5) is 11.3. The van der Waals surface area contributed by atoms with Crippen LogP contribution in [0.1, 0.15) is 23.6 Å². The molecule has 0 fully saturated rings. The second-order valence-corrected chi connectivity index (χ2v) is 8.00. The molecule has 0 unspecified atom stereocenters. The molecule has 0 aromatic heterocycles. The summed E-state index contributed by atoms with van der Waals surface area (Å²) >= 11 is 1.24. The average molecular weight is 507 g/mol. The Labute approximate surface area is 194 Å². The van der Waals surface area contributed by atoms with Crippen molar-refractivity contribution < 1.29 is 41.0 Å². The van der Waals surface area contributed by atoms with E-state index in [1.54, 1.807) is 25.1 Å². The van der Waals surface area contributed by atoms with E-state index in [4.69, 9.17) is 15.3 Å². The molecule has 0 atom stereocenters. The first kappa shape index (κ1) is 27.0. The van der Waals surface area contributed by atoms with E-state index in [1.807, 2.05) is 0 Å². The van der Waals surface area contributed by atoms with Crippen LogP contribution in [0.3, 0.4) is 0 Å². The minimum Gasteiger partial charge on any atom is -0.482 e. The number of nitrogens with one attached hydrogen (secondary N) is 2. The van der Waals surface area contributed by atoms with Crippen LogP contribution in [0.4, 0.5) is 32.0 Å². The topological polar surface area (TPSA) is 94.8 Å². The monoisotopic (exact) mass is 507 g/mol. The highest BCUT2D eigenvalue weighted by atomic mass is 32.2. The lowest BCUT2D eigenvalue weighted by atomic mass is 10.1. The molecule has 0 spiro atoms. The molecule has 0 bridgehead atoms. The smallest absolute Gasteiger partial charge is 0.417 e. The van der Waals surface area contributed by atoms with Crippen LogP contribution in [0.5, 0.6) is 5.75 Å². The molecule has 2 rings (SSSR count). The number of rotatable bonds is 9. The van der Waals surface area contributed by atoms with Gasteiger partial charge in [-0.05, 0) is 55.8 Å². The van der Waals surface area contributed by atoms with Gasteiger partial charge in [-0.3, -0.25) is 5.43 Å². The number of carboxylic acids is 1. The Morgan fingerprint density at radius 1 is 1.09 bits per heavy atom. The molecule has 2 aromatic carbocycles. The fourth-order valence-electron chi connectivity index (χ4n) is 2.62. The van der Waals surface area contributed by atoms with Crippen LogP contribution in [-0.2, 0) is 17.1 Å². The summed E-state index contributed by atoms with van der Waals surface area (Å²) in [6.07, 6.45) is -10.4. The molecule has 6 nitrogen and oxygen atoms in total. The van der Waals surface area contributed by atoms with Gasteiger partial charge in [0.2, 0.25) is 0 Å². The predicted molar refractivity (Wildman–Crippen MR) is 116 cm³/mol. The van der Waals surface area contributed by atoms with Gasteiger partial charge < -0.3 is 15.3 Å². The molecular formula is C21H19F6N3O3S. The number of hydrogen-bond acceptors (Lipinski definition) is 6. The lowest BCUT2D eigenvalue weighted by Crippen LogP contribution is -2.17. The fraction of sp³-hybridized carbons (Fsp3) is 0.286. The standard InChI is InChI=1S/C21H19F6N3O3S/c1-11-7-14(4-6-18(11)33-9-19(31)32)34-10-17(12(2)28)30-29-13-3-5-15(20(22,23)24)16(8-13)21(25,26)27/h3-8,28-29H,9-10H2,1-2H3,(H,31,32)/b28-12?,30-17-. The third-order valence-corrected chi connectivity index (χ3v) is 5.26. The molecular weight excluding hydrogens is 488 g/mol. The van der Waals surface area contributed by atoms with Gasteiger partial charge in [-0.25, -0.2) is 4.79 Å². The number of aliphatic carboxylic acids is 1. The summed E-state index contributed by atoms with van der Waals surface area (Å²) < 4.78 is 83.2. The highest BCUT2D eigenvalue weighted by molar-refractivity contribution is 8.00. The highest BCUT2D eigenvalue weighted by Gasteiger charge is 2.43. The third kappa shape index (κ3) is 7.68. The van der Waals surface area contributed by atoms with Crippen molar-refractivity contribution in [3.05, 3.63) is 53.1 Å². The van der Waals surface area contributed by atoms with Gasteiger partial charge in [0.15, 0.2) is 6.61 Å². The molecule has 184 valence electrons. The summed E-state index contributed by atoms with van der Waals surface area (Å²) in [7, 11) is 0. The van der Waals surface area contributed by atoms with Crippen LogP contribution in [-0.4, -0.2) is 34.9 Å². The Hall–Kier alpha value is -3.22. The molecule has 0 aliphatic rings. The van der Waals surface area contributed by atoms with Crippen LogP contribution in [0.2, 0.25) is 0 Å². The number of halogens is 6. The summed E-state index contributed by atoms with van der Waals surface area (Å²) in [5, 5.41) is 20.4. The quantitative estimate of drug-likeness (QED) is 0.165. The van der Waals surface area contributed by atoms with Crippen LogP contribution in [0, 0.1) is 12.3 Å². The van der Waals surface area contributed by atoms with Gasteiger partial charge in [-0.15, -0.1) is 11.8 Å². The van der Waals surface area contributed by atoms with E-state index in [0.717, 1.165) is 11.0 Å². The predicted octanol–water partition coefficient (Wildman–Crippen LogP) is 6.10. The average Bonchev–Trinajstić information content (AvgIpc) is 2.71. The van der Waals surface area contributed by atoms with Crippen molar-refractivity contribution >= 4 is 34.8 Å². The number of hydrazone groups is 1. The van der Waals surface area contributed by atoms with E-state index in [-0.39, 0.29) is 22.9 Å². The number of aryl methyl sites for hydroxylation is 1. The van der Waals surface area contributed by atoms with Crippen LogP contribution in [0.25, 0.3) is 0 Å². The van der Waals surface area contributed by atoms with E-state index in [1.165, 1.54) is 18.7 Å². The number of nitrogens with zero attached hydrogens (tertiary/aromatic N) is 1. The van der Waals surface area contributed by atoms with Crippen molar-refractivity contribution in [1.29, 1.82) is 5.41 Å². The van der Waals surface area contributed by atoms with E-state index in [2.05, 4.69) is 10.5 Å². The van der Waals surface area contributed by atoms with E-state index >= 15 is 0 Å². The summed E-state index contributed by atoms with van der Waals surface area (Å²) in [6.45, 7) is 2.62. The zero-order chi connectivity index (χ0) is 25.7. The highest BCUT2D eigenvalue weighted by Crippen LogP contribution is 2.41. The van der Waals surface area contributed by atoms with Gasteiger partial charge >= 0.3 is 18.3 Å². The first-order valence-electron chi connectivity index (χ1n) is 9.43. The number of hydrogen-bond donors (Lipinski definition) is 3. The molecule has 0 heterocycles. The molecule has 34 heavy (non-hydrogen) atoms. The number of ether oxygens (including phenoxy) is 1. The van der Waals surface area contributed by atoms with Crippen LogP contribution in [0.15, 0.2) is 46.4 Å². The Bertz CT molecular complexity index is 1100. The van der Waals surface area contributed by atoms with E-state index < -0.39 is 36.1 Å². The molecule has 13 heteroatoms. The Morgan fingerprint density at radius 3 is 2.26 bits per heavy atom. The van der Waals surface area contributed by atoms with Crippen molar-refractivity contribution in [2.75, 3.05) is 17.8 Å². The lowest BCUT2D eigenvalue weighted by molar-refractivity contribution is -0.162. The first-order valence-corrected chi connectivity index (χ1v) is 10.4. The summed E-state index contributed by atoms with van der Waals surface area (Å²) in [6, 6.07) is 6.42. The van der Waals surface area contributed by atoms with Crippen molar-refractivity contribution in [3.8, 4) is 5.75 Å². The molecule has 0 saturated carbocycles.